The molecular weight excluding hydrogens is 402 g/mol. The minimum Gasteiger partial charge on any atom is -0.466 e. The van der Waals surface area contributed by atoms with Crippen LogP contribution >= 0.6 is 35.3 Å². The minimum atomic E-state index is -0.739. The van der Waals surface area contributed by atoms with Crippen LogP contribution in [-0.2, 0) is 23.9 Å². The molecule has 3 heterocycles. The Hall–Kier alpha value is -1.70. The molecule has 2 aliphatic heterocycles. The number of methoxy groups -OCH3 is 1. The van der Waals surface area contributed by atoms with Crippen molar-refractivity contribution in [2.45, 2.75) is 16.4 Å². The van der Waals surface area contributed by atoms with Crippen molar-refractivity contribution in [3.05, 3.63) is 16.8 Å². The molecule has 26 heavy (non-hydrogen) atoms. The Morgan fingerprint density at radius 3 is 3.00 bits per heavy atom. The van der Waals surface area contributed by atoms with Gasteiger partial charge in [0.2, 0.25) is 5.91 Å². The van der Waals surface area contributed by atoms with Crippen LogP contribution in [0.15, 0.2) is 21.8 Å². The van der Waals surface area contributed by atoms with Crippen molar-refractivity contribution in [1.82, 2.24) is 20.3 Å². The van der Waals surface area contributed by atoms with Gasteiger partial charge in [0.05, 0.1) is 13.3 Å². The van der Waals surface area contributed by atoms with Gasteiger partial charge in [-0.1, -0.05) is 17.0 Å². The van der Waals surface area contributed by atoms with Crippen LogP contribution < -0.4 is 5.73 Å². The second-order valence-electron chi connectivity index (χ2n) is 5.09. The summed E-state index contributed by atoms with van der Waals surface area (Å²) in [6.07, 6.45) is 1.59. The van der Waals surface area contributed by atoms with E-state index in [-0.39, 0.29) is 17.0 Å². The van der Waals surface area contributed by atoms with Crippen LogP contribution in [0.5, 0.6) is 0 Å². The van der Waals surface area contributed by atoms with Gasteiger partial charge in [0.15, 0.2) is 6.61 Å². The normalized spacial score (nSPS) is 21.9. The number of hydrogen-bond acceptors (Lipinski definition) is 11. The zero-order chi connectivity index (χ0) is 18.7. The highest BCUT2D eigenvalue weighted by molar-refractivity contribution is 8.18. The molecule has 1 aromatic rings. The number of nitrogens with one attached hydrogen (secondary N) is 1. The molecule has 0 aromatic carbocycles. The summed E-state index contributed by atoms with van der Waals surface area (Å²) < 4.78 is 9.45. The number of H-pyrrole nitrogens is 1. The number of aromatic amines is 1. The molecule has 0 radical (unpaired) electrons. The fourth-order valence-electron chi connectivity index (χ4n) is 2.26. The summed E-state index contributed by atoms with van der Waals surface area (Å²) in [5.74, 6) is -1.23. The number of nitrogens with two attached hydrogens (primary N) is 1. The van der Waals surface area contributed by atoms with Gasteiger partial charge in [-0.15, -0.1) is 28.6 Å². The molecule has 140 valence electrons. The van der Waals surface area contributed by atoms with Crippen molar-refractivity contribution in [3.8, 4) is 0 Å². The van der Waals surface area contributed by atoms with Crippen molar-refractivity contribution < 1.29 is 23.9 Å². The number of hydrogen-bond donors (Lipinski definition) is 2. The number of esters is 2. The summed E-state index contributed by atoms with van der Waals surface area (Å²) in [6.45, 7) is -0.517. The molecule has 2 atom stereocenters. The highest BCUT2D eigenvalue weighted by atomic mass is 32.2. The zero-order valence-electron chi connectivity index (χ0n) is 13.5. The van der Waals surface area contributed by atoms with Crippen molar-refractivity contribution in [2.75, 3.05) is 24.6 Å². The van der Waals surface area contributed by atoms with Gasteiger partial charge in [-0.05, 0) is 0 Å². The Morgan fingerprint density at radius 1 is 1.50 bits per heavy atom. The van der Waals surface area contributed by atoms with Crippen LogP contribution in [0.2, 0.25) is 0 Å². The average Bonchev–Trinajstić information content (AvgIpc) is 3.18. The third-order valence-corrected chi connectivity index (χ3v) is 7.18. The van der Waals surface area contributed by atoms with E-state index >= 15 is 0 Å². The summed E-state index contributed by atoms with van der Waals surface area (Å²) in [7, 11) is 1.20. The van der Waals surface area contributed by atoms with Crippen molar-refractivity contribution in [2.24, 2.45) is 5.73 Å². The number of carbonyl (C=O) groups excluding carboxylic acids is 3. The van der Waals surface area contributed by atoms with E-state index in [2.05, 4.69) is 20.1 Å². The highest BCUT2D eigenvalue weighted by Gasteiger charge is 2.52. The number of amides is 1. The van der Waals surface area contributed by atoms with Crippen LogP contribution in [0.1, 0.15) is 0 Å². The quantitative estimate of drug-likeness (QED) is 0.263. The van der Waals surface area contributed by atoms with Gasteiger partial charge >= 0.3 is 11.9 Å². The van der Waals surface area contributed by atoms with Gasteiger partial charge < -0.3 is 15.2 Å². The number of rotatable bonds is 7. The molecule has 0 bridgehead atoms. The molecule has 1 unspecified atom stereocenters. The first-order valence-electron chi connectivity index (χ1n) is 7.32. The molecule has 1 fully saturated rings. The lowest BCUT2D eigenvalue weighted by Crippen LogP contribution is -2.68. The lowest BCUT2D eigenvalue weighted by Gasteiger charge is -2.48. The molecule has 3 rings (SSSR count). The SMILES string of the molecule is COC(=O)COC(=O)C1=C(SCSc2cnn[nH]2)CS[C@H]2C(N)C(=O)N12. The van der Waals surface area contributed by atoms with Gasteiger partial charge in [0.1, 0.15) is 22.1 Å². The van der Waals surface area contributed by atoms with Crippen LogP contribution in [0.4, 0.5) is 0 Å². The highest BCUT2D eigenvalue weighted by Crippen LogP contribution is 2.43. The topological polar surface area (TPSA) is 141 Å². The van der Waals surface area contributed by atoms with E-state index in [1.165, 1.54) is 47.3 Å². The van der Waals surface area contributed by atoms with Gasteiger partial charge in [0.25, 0.3) is 0 Å². The first-order chi connectivity index (χ1) is 12.5. The van der Waals surface area contributed by atoms with Gasteiger partial charge in [-0.25, -0.2) is 9.59 Å². The molecule has 0 saturated carbocycles. The van der Waals surface area contributed by atoms with Crippen molar-refractivity contribution in [1.29, 1.82) is 0 Å². The van der Waals surface area contributed by atoms with E-state index in [1.807, 2.05) is 0 Å². The number of aromatic nitrogens is 3. The second-order valence-corrected chi connectivity index (χ2v) is 8.64. The Labute approximate surface area is 161 Å². The molecule has 1 amide bonds. The maximum absolute atomic E-state index is 12.5. The predicted molar refractivity (Wildman–Crippen MR) is 95.8 cm³/mol. The van der Waals surface area contributed by atoms with E-state index in [1.54, 1.807) is 6.20 Å². The van der Waals surface area contributed by atoms with Crippen LogP contribution in [-0.4, -0.2) is 74.1 Å². The number of ether oxygens (including phenoxy) is 2. The van der Waals surface area contributed by atoms with Crippen LogP contribution in [0.3, 0.4) is 0 Å². The predicted octanol–water partition coefficient (Wildman–Crippen LogP) is -0.242. The molecule has 0 spiro atoms. The molecular formula is C13H15N5O5S3. The van der Waals surface area contributed by atoms with Gasteiger partial charge in [-0.3, -0.25) is 14.8 Å². The van der Waals surface area contributed by atoms with Crippen molar-refractivity contribution >= 4 is 53.1 Å². The molecule has 1 saturated heterocycles. The van der Waals surface area contributed by atoms with Gasteiger partial charge in [0, 0.05) is 15.7 Å². The maximum atomic E-state index is 12.5. The molecule has 1 aromatic heterocycles. The molecule has 3 N–H and O–H groups in total. The molecule has 10 nitrogen and oxygen atoms in total. The zero-order valence-corrected chi connectivity index (χ0v) is 16.0. The van der Waals surface area contributed by atoms with E-state index in [0.717, 1.165) is 5.03 Å². The molecule has 13 heteroatoms. The number of fused-ring (bicyclic) bond motifs is 1. The minimum absolute atomic E-state index is 0.151. The monoisotopic (exact) mass is 417 g/mol. The van der Waals surface area contributed by atoms with E-state index in [0.29, 0.717) is 15.7 Å². The number of nitrogens with zero attached hydrogens (tertiary/aromatic N) is 3. The van der Waals surface area contributed by atoms with Crippen LogP contribution in [0.25, 0.3) is 0 Å². The lowest BCUT2D eigenvalue weighted by atomic mass is 10.1. The van der Waals surface area contributed by atoms with Crippen LogP contribution in [0, 0.1) is 0 Å². The Kier molecular flexibility index (Phi) is 6.11. The fourth-order valence-corrected chi connectivity index (χ4v) is 5.80. The summed E-state index contributed by atoms with van der Waals surface area (Å²) in [4.78, 5) is 37.9. The third-order valence-electron chi connectivity index (χ3n) is 3.56. The standard InChI is InChI=1S/C13H15N5O5S3/c1-22-8(19)3-23-13(21)10-6(25-5-26-7-2-15-17-16-7)4-24-12-9(14)11(20)18(10)12/h2,9,12H,3-5,14H2,1H3,(H,15,16,17)/t9?,12-/m0/s1. The smallest absolute Gasteiger partial charge is 0.356 e. The average molecular weight is 417 g/mol. The number of carbonyl (C=O) groups is 3. The molecule has 2 aliphatic rings. The third kappa shape index (κ3) is 3.84. The Bertz CT molecular complexity index is 741. The summed E-state index contributed by atoms with van der Waals surface area (Å²) in [6, 6.07) is -0.639. The first kappa shape index (κ1) is 19.1. The lowest BCUT2D eigenvalue weighted by molar-refractivity contribution is -0.158. The Morgan fingerprint density at radius 2 is 2.31 bits per heavy atom. The maximum Gasteiger partial charge on any atom is 0.356 e. The molecule has 0 aliphatic carbocycles. The van der Waals surface area contributed by atoms with E-state index < -0.39 is 24.6 Å². The number of thioether (sulfide) groups is 3. The summed E-state index contributed by atoms with van der Waals surface area (Å²) in [5, 5.41) is 11.1. The summed E-state index contributed by atoms with van der Waals surface area (Å²) >= 11 is 4.36. The fraction of sp³-hybridized carbons (Fsp3) is 0.462. The first-order valence-corrected chi connectivity index (χ1v) is 10.3. The van der Waals surface area contributed by atoms with E-state index in [9.17, 15) is 14.4 Å². The largest absolute Gasteiger partial charge is 0.466 e. The van der Waals surface area contributed by atoms with Gasteiger partial charge in [-0.2, -0.15) is 0 Å². The van der Waals surface area contributed by atoms with E-state index in [4.69, 9.17) is 10.5 Å². The summed E-state index contributed by atoms with van der Waals surface area (Å²) in [5.41, 5.74) is 5.95. The van der Waals surface area contributed by atoms with Crippen molar-refractivity contribution in [3.63, 3.8) is 0 Å². The number of β-lactam (4-membered cyclic amide) rings is 1. The second kappa shape index (κ2) is 8.33. The Balaban J connectivity index is 1.73.